The van der Waals surface area contributed by atoms with Gasteiger partial charge in [-0.3, -0.25) is 4.98 Å². The summed E-state index contributed by atoms with van der Waals surface area (Å²) in [6.07, 6.45) is 2.33. The number of hydrogen-bond acceptors (Lipinski definition) is 5. The van der Waals surface area contributed by atoms with Gasteiger partial charge in [0.1, 0.15) is 5.60 Å². The Morgan fingerprint density at radius 1 is 1.21 bits per heavy atom. The van der Waals surface area contributed by atoms with Gasteiger partial charge in [0, 0.05) is 6.20 Å². The molecule has 0 bridgehead atoms. The maximum absolute atomic E-state index is 11.9. The van der Waals surface area contributed by atoms with Crippen molar-refractivity contribution in [2.75, 3.05) is 6.61 Å². The number of pyridine rings is 1. The quantitative estimate of drug-likeness (QED) is 0.839. The number of aromatic nitrogens is 1. The lowest BCUT2D eigenvalue weighted by atomic mass is 10.1. The highest BCUT2D eigenvalue weighted by Gasteiger charge is 2.18. The lowest BCUT2D eigenvalue weighted by Crippen LogP contribution is -2.32. The highest BCUT2D eigenvalue weighted by Crippen LogP contribution is 2.11. The standard InChI is InChI=1S/C15H22N2O4.C3H8/c1-6-20-13(18)11-7-10(2)8-16-12(11)9-17-14(19)21-15(3,4)5;1-3-2/h7-8H,6,9H2,1-5H3,(H,17,19);3H2,1-2H3. The maximum Gasteiger partial charge on any atom is 0.407 e. The number of nitrogens with one attached hydrogen (secondary N) is 1. The molecule has 0 aliphatic heterocycles. The van der Waals surface area contributed by atoms with Crippen LogP contribution in [0.15, 0.2) is 12.3 Å². The van der Waals surface area contributed by atoms with Crippen LogP contribution >= 0.6 is 0 Å². The van der Waals surface area contributed by atoms with Crippen molar-refractivity contribution in [3.63, 3.8) is 0 Å². The van der Waals surface area contributed by atoms with Crippen molar-refractivity contribution in [2.45, 2.75) is 67.0 Å². The van der Waals surface area contributed by atoms with E-state index in [1.54, 1.807) is 40.0 Å². The molecular weight excluding hydrogens is 308 g/mol. The Morgan fingerprint density at radius 3 is 2.29 bits per heavy atom. The van der Waals surface area contributed by atoms with Crippen LogP contribution in [0, 0.1) is 6.92 Å². The zero-order valence-electron chi connectivity index (χ0n) is 15.9. The van der Waals surface area contributed by atoms with Gasteiger partial charge in [-0.05, 0) is 46.2 Å². The summed E-state index contributed by atoms with van der Waals surface area (Å²) in [7, 11) is 0. The zero-order chi connectivity index (χ0) is 18.8. The van der Waals surface area contributed by atoms with Gasteiger partial charge < -0.3 is 14.8 Å². The summed E-state index contributed by atoms with van der Waals surface area (Å²) in [5, 5.41) is 2.58. The van der Waals surface area contributed by atoms with Crippen LogP contribution < -0.4 is 5.32 Å². The van der Waals surface area contributed by atoms with Crippen LogP contribution in [0.4, 0.5) is 4.79 Å². The molecule has 1 amide bonds. The van der Waals surface area contributed by atoms with E-state index in [4.69, 9.17) is 9.47 Å². The van der Waals surface area contributed by atoms with E-state index < -0.39 is 17.7 Å². The molecule has 0 unspecified atom stereocenters. The highest BCUT2D eigenvalue weighted by molar-refractivity contribution is 5.90. The first-order valence-electron chi connectivity index (χ1n) is 8.24. The Kier molecular flexibility index (Phi) is 9.69. The van der Waals surface area contributed by atoms with Gasteiger partial charge in [0.2, 0.25) is 0 Å². The third-order valence-corrected chi connectivity index (χ3v) is 2.40. The van der Waals surface area contributed by atoms with Crippen LogP contribution in [0.2, 0.25) is 0 Å². The van der Waals surface area contributed by atoms with Crippen LogP contribution in [0.5, 0.6) is 0 Å². The third kappa shape index (κ3) is 9.12. The summed E-state index contributed by atoms with van der Waals surface area (Å²) >= 11 is 0. The van der Waals surface area contributed by atoms with E-state index in [0.29, 0.717) is 11.3 Å². The smallest absolute Gasteiger partial charge is 0.407 e. The van der Waals surface area contributed by atoms with Crippen LogP contribution in [0.1, 0.15) is 69.6 Å². The Morgan fingerprint density at radius 2 is 1.79 bits per heavy atom. The van der Waals surface area contributed by atoms with E-state index in [-0.39, 0.29) is 13.2 Å². The van der Waals surface area contributed by atoms with Crippen molar-refractivity contribution < 1.29 is 19.1 Å². The number of rotatable bonds is 4. The van der Waals surface area contributed by atoms with E-state index in [0.717, 1.165) is 5.56 Å². The predicted molar refractivity (Wildman–Crippen MR) is 94.0 cm³/mol. The average molecular weight is 338 g/mol. The SMILES string of the molecule is CCC.CCOC(=O)c1cc(C)cnc1CNC(=O)OC(C)(C)C. The van der Waals surface area contributed by atoms with Crippen molar-refractivity contribution in [3.8, 4) is 0 Å². The topological polar surface area (TPSA) is 77.5 Å². The van der Waals surface area contributed by atoms with Gasteiger partial charge in [0.15, 0.2) is 0 Å². The summed E-state index contributed by atoms with van der Waals surface area (Å²) in [6.45, 7) is 13.5. The van der Waals surface area contributed by atoms with Gasteiger partial charge in [-0.1, -0.05) is 20.3 Å². The Hall–Kier alpha value is -2.11. The normalized spacial score (nSPS) is 10.3. The summed E-state index contributed by atoms with van der Waals surface area (Å²) in [6, 6.07) is 1.69. The minimum Gasteiger partial charge on any atom is -0.462 e. The van der Waals surface area contributed by atoms with Gasteiger partial charge in [-0.15, -0.1) is 0 Å². The molecule has 0 saturated carbocycles. The molecule has 136 valence electrons. The number of carbonyl (C=O) groups is 2. The number of nitrogens with zero attached hydrogens (tertiary/aromatic N) is 1. The Bertz CT molecular complexity index is 536. The van der Waals surface area contributed by atoms with Crippen molar-refractivity contribution >= 4 is 12.1 Å². The number of esters is 1. The first-order chi connectivity index (χ1) is 11.1. The van der Waals surface area contributed by atoms with Gasteiger partial charge >= 0.3 is 12.1 Å². The molecule has 0 aromatic carbocycles. The molecule has 0 aliphatic rings. The average Bonchev–Trinajstić information content (AvgIpc) is 2.45. The second-order valence-electron chi connectivity index (χ2n) is 6.29. The van der Waals surface area contributed by atoms with Crippen molar-refractivity contribution in [1.82, 2.24) is 10.3 Å². The van der Waals surface area contributed by atoms with Gasteiger partial charge in [-0.25, -0.2) is 9.59 Å². The fraction of sp³-hybridized carbons (Fsp3) is 0.611. The maximum atomic E-state index is 11.9. The minimum atomic E-state index is -0.575. The van der Waals surface area contributed by atoms with Crippen molar-refractivity contribution in [2.24, 2.45) is 0 Å². The summed E-state index contributed by atoms with van der Waals surface area (Å²) in [5.41, 5.74) is 1.08. The lowest BCUT2D eigenvalue weighted by molar-refractivity contribution is 0.0501. The molecule has 0 aliphatic carbocycles. The molecule has 0 atom stereocenters. The van der Waals surface area contributed by atoms with Crippen LogP contribution in [-0.4, -0.2) is 29.3 Å². The first-order valence-corrected chi connectivity index (χ1v) is 8.24. The van der Waals surface area contributed by atoms with Crippen molar-refractivity contribution in [1.29, 1.82) is 0 Å². The number of aryl methyl sites for hydroxylation is 1. The van der Waals surface area contributed by atoms with E-state index in [2.05, 4.69) is 24.1 Å². The molecule has 1 heterocycles. The molecule has 0 spiro atoms. The fourth-order valence-electron chi connectivity index (χ4n) is 1.59. The molecule has 1 aromatic heterocycles. The minimum absolute atomic E-state index is 0.101. The lowest BCUT2D eigenvalue weighted by Gasteiger charge is -2.19. The molecule has 1 aromatic rings. The molecule has 24 heavy (non-hydrogen) atoms. The molecule has 0 fully saturated rings. The second-order valence-corrected chi connectivity index (χ2v) is 6.29. The molecule has 0 saturated heterocycles. The molecule has 0 radical (unpaired) electrons. The number of hydrogen-bond donors (Lipinski definition) is 1. The molecule has 1 rings (SSSR count). The molecule has 6 nitrogen and oxygen atoms in total. The molecular formula is C18H30N2O4. The summed E-state index contributed by atoms with van der Waals surface area (Å²) < 4.78 is 10.1. The fourth-order valence-corrected chi connectivity index (χ4v) is 1.59. The third-order valence-electron chi connectivity index (χ3n) is 2.40. The van der Waals surface area contributed by atoms with Crippen LogP contribution in [-0.2, 0) is 16.0 Å². The second kappa shape index (κ2) is 10.6. The largest absolute Gasteiger partial charge is 0.462 e. The van der Waals surface area contributed by atoms with E-state index in [1.807, 2.05) is 6.92 Å². The van der Waals surface area contributed by atoms with Gasteiger partial charge in [-0.2, -0.15) is 0 Å². The highest BCUT2D eigenvalue weighted by atomic mass is 16.6. The number of ether oxygens (including phenoxy) is 2. The van der Waals surface area contributed by atoms with Gasteiger partial charge in [0.25, 0.3) is 0 Å². The number of amides is 1. The van der Waals surface area contributed by atoms with Crippen LogP contribution in [0.3, 0.4) is 0 Å². The summed E-state index contributed by atoms with van der Waals surface area (Å²) in [5.74, 6) is -0.449. The van der Waals surface area contributed by atoms with E-state index in [9.17, 15) is 9.59 Å². The zero-order valence-corrected chi connectivity index (χ0v) is 15.9. The van der Waals surface area contributed by atoms with E-state index in [1.165, 1.54) is 6.42 Å². The number of alkyl carbamates (subject to hydrolysis) is 1. The van der Waals surface area contributed by atoms with Crippen molar-refractivity contribution in [3.05, 3.63) is 29.1 Å². The number of carbonyl (C=O) groups excluding carboxylic acids is 2. The van der Waals surface area contributed by atoms with E-state index >= 15 is 0 Å². The predicted octanol–water partition coefficient (Wildman–Crippen LogP) is 4.01. The first kappa shape index (κ1) is 21.9. The molecule has 1 N–H and O–H groups in total. The summed E-state index contributed by atoms with van der Waals surface area (Å²) in [4.78, 5) is 27.7. The Balaban J connectivity index is 0.00000163. The van der Waals surface area contributed by atoms with Gasteiger partial charge in [0.05, 0.1) is 24.4 Å². The van der Waals surface area contributed by atoms with Crippen LogP contribution in [0.25, 0.3) is 0 Å². The monoisotopic (exact) mass is 338 g/mol. The Labute approximate surface area is 145 Å². The molecule has 6 heteroatoms.